The minimum Gasteiger partial charge on any atom is -0.480 e. The fourth-order valence-corrected chi connectivity index (χ4v) is 0.0781. The van der Waals surface area contributed by atoms with Crippen molar-refractivity contribution in [3.8, 4) is 0 Å². The minimum absolute atomic E-state index is 0.505. The number of hydrogen-bond donors (Lipinski definition) is 5. The van der Waals surface area contributed by atoms with Crippen molar-refractivity contribution in [3.05, 3.63) is 0 Å². The van der Waals surface area contributed by atoms with Crippen LogP contribution in [0.25, 0.3) is 0 Å². The monoisotopic (exact) mass is 187 g/mol. The summed E-state index contributed by atoms with van der Waals surface area (Å²) in [6.07, 6.45) is 0. The summed E-state index contributed by atoms with van der Waals surface area (Å²) in [5, 5.41) is 15.9. The number of aliphatic hydroxyl groups is 1. The maximum absolute atomic E-state index is 9.65. The predicted molar refractivity (Wildman–Crippen MR) is 36.1 cm³/mol. The summed E-state index contributed by atoms with van der Waals surface area (Å²) >= 11 is -2.61. The van der Waals surface area contributed by atoms with E-state index in [0.717, 1.165) is 0 Å². The Balaban J connectivity index is 0. The number of aliphatic hydroxyl groups excluding tert-OH is 1. The van der Waals surface area contributed by atoms with Crippen LogP contribution in [0.3, 0.4) is 0 Å². The van der Waals surface area contributed by atoms with E-state index in [1.165, 1.54) is 0 Å². The van der Waals surface area contributed by atoms with Crippen LogP contribution in [0.1, 0.15) is 0 Å². The first-order chi connectivity index (χ1) is 4.91. The van der Waals surface area contributed by atoms with Crippen LogP contribution >= 0.6 is 0 Å². The first-order valence-corrected chi connectivity index (χ1v) is 3.37. The third kappa shape index (κ3) is 17.7. The van der Waals surface area contributed by atoms with E-state index < -0.39 is 30.0 Å². The van der Waals surface area contributed by atoms with Gasteiger partial charge in [0.1, 0.15) is 6.04 Å². The van der Waals surface area contributed by atoms with Crippen molar-refractivity contribution in [1.29, 1.82) is 0 Å². The van der Waals surface area contributed by atoms with Crippen molar-refractivity contribution in [1.82, 2.24) is 0 Å². The van der Waals surface area contributed by atoms with Crippen LogP contribution < -0.4 is 5.73 Å². The van der Waals surface area contributed by atoms with Gasteiger partial charge >= 0.3 is 5.97 Å². The molecule has 0 radical (unpaired) electrons. The summed E-state index contributed by atoms with van der Waals surface area (Å²) in [5.74, 6) is -1.18. The number of carboxylic acids is 1. The molecule has 11 heavy (non-hydrogen) atoms. The van der Waals surface area contributed by atoms with Gasteiger partial charge in [-0.25, -0.2) is 0 Å². The van der Waals surface area contributed by atoms with Crippen molar-refractivity contribution in [2.24, 2.45) is 5.73 Å². The molecule has 0 bridgehead atoms. The third-order valence-electron chi connectivity index (χ3n) is 0.514. The molecule has 0 aliphatic carbocycles. The van der Waals surface area contributed by atoms with Gasteiger partial charge in [0.15, 0.2) is 0 Å². The maximum Gasteiger partial charge on any atom is 0.322 e. The normalized spacial score (nSPS) is 11.7. The SMILES string of the molecule is NC(CO)C(=O)O.O=S(O)O. The van der Waals surface area contributed by atoms with Crippen molar-refractivity contribution < 1.29 is 28.3 Å². The fraction of sp³-hybridized carbons (Fsp3) is 0.667. The Bertz CT molecular complexity index is 134. The van der Waals surface area contributed by atoms with E-state index in [9.17, 15) is 4.79 Å². The average Bonchev–Trinajstić information content (AvgIpc) is 1.85. The molecule has 0 aromatic carbocycles. The molecule has 0 aromatic rings. The van der Waals surface area contributed by atoms with Crippen molar-refractivity contribution in [3.63, 3.8) is 0 Å². The number of nitrogens with two attached hydrogens (primary N) is 1. The highest BCUT2D eigenvalue weighted by Crippen LogP contribution is 1.71. The summed E-state index contributed by atoms with van der Waals surface area (Å²) in [4.78, 5) is 9.65. The lowest BCUT2D eigenvalue weighted by Crippen LogP contribution is -2.33. The van der Waals surface area contributed by atoms with Gasteiger partial charge in [-0.1, -0.05) is 0 Å². The lowest BCUT2D eigenvalue weighted by atomic mass is 10.3. The molecule has 7 nitrogen and oxygen atoms in total. The predicted octanol–water partition coefficient (Wildman–Crippen LogP) is -1.93. The van der Waals surface area contributed by atoms with Crippen LogP contribution in [0, 0.1) is 0 Å². The molecule has 1 atom stereocenters. The molecule has 8 heteroatoms. The molecule has 6 N–H and O–H groups in total. The van der Waals surface area contributed by atoms with Crippen LogP contribution in [0.2, 0.25) is 0 Å². The number of aliphatic carboxylic acids is 1. The Morgan fingerprint density at radius 2 is 1.82 bits per heavy atom. The highest BCUT2D eigenvalue weighted by atomic mass is 32.2. The van der Waals surface area contributed by atoms with Crippen molar-refractivity contribution >= 4 is 17.3 Å². The number of rotatable bonds is 2. The third-order valence-corrected chi connectivity index (χ3v) is 0.514. The standard InChI is InChI=1S/C3H7NO3.H2O3S/c4-2(1-5)3(6)7;1-4(2)3/h2,5H,1,4H2,(H,6,7);(H2,1,2,3). The highest BCUT2D eigenvalue weighted by Gasteiger charge is 2.06. The Kier molecular flexibility index (Phi) is 9.00. The smallest absolute Gasteiger partial charge is 0.322 e. The van der Waals surface area contributed by atoms with E-state index in [1.54, 1.807) is 0 Å². The van der Waals surface area contributed by atoms with Gasteiger partial charge < -0.3 is 15.9 Å². The molecular formula is C3H9NO6S. The first-order valence-electron chi connectivity index (χ1n) is 2.31. The van der Waals surface area contributed by atoms with Crippen molar-refractivity contribution in [2.45, 2.75) is 6.04 Å². The second kappa shape index (κ2) is 7.57. The summed E-state index contributed by atoms with van der Waals surface area (Å²) in [7, 11) is 0. The molecule has 0 aliphatic rings. The Labute approximate surface area is 64.9 Å². The quantitative estimate of drug-likeness (QED) is 0.317. The molecule has 68 valence electrons. The molecule has 0 amide bonds. The van der Waals surface area contributed by atoms with Crippen LogP contribution in [0.5, 0.6) is 0 Å². The molecule has 0 saturated carbocycles. The lowest BCUT2D eigenvalue weighted by molar-refractivity contribution is -0.139. The molecular weight excluding hydrogens is 178 g/mol. The zero-order valence-electron chi connectivity index (χ0n) is 5.38. The minimum atomic E-state index is -2.61. The summed E-state index contributed by atoms with van der Waals surface area (Å²) in [6, 6.07) is -1.13. The molecule has 0 aliphatic heterocycles. The molecule has 0 aromatic heterocycles. The number of carboxylic acid groups (broad SMARTS) is 1. The van der Waals surface area contributed by atoms with Gasteiger partial charge in [0.2, 0.25) is 0 Å². The summed E-state index contributed by atoms with van der Waals surface area (Å²) < 4.78 is 22.8. The largest absolute Gasteiger partial charge is 0.480 e. The van der Waals surface area contributed by atoms with Gasteiger partial charge in [-0.15, -0.1) is 0 Å². The Morgan fingerprint density at radius 3 is 1.82 bits per heavy atom. The van der Waals surface area contributed by atoms with E-state index in [-0.39, 0.29) is 0 Å². The van der Waals surface area contributed by atoms with E-state index in [1.807, 2.05) is 0 Å². The van der Waals surface area contributed by atoms with Gasteiger partial charge in [-0.05, 0) is 0 Å². The topological polar surface area (TPSA) is 141 Å². The van der Waals surface area contributed by atoms with E-state index in [4.69, 9.17) is 29.3 Å². The summed E-state index contributed by atoms with van der Waals surface area (Å²) in [6.45, 7) is -0.505. The van der Waals surface area contributed by atoms with E-state index in [0.29, 0.717) is 0 Å². The molecule has 0 spiro atoms. The Morgan fingerprint density at radius 1 is 1.55 bits per heavy atom. The molecule has 1 unspecified atom stereocenters. The number of hydrogen-bond acceptors (Lipinski definition) is 4. The maximum atomic E-state index is 9.65. The Hall–Kier alpha value is -0.540. The molecule has 0 heterocycles. The zero-order valence-corrected chi connectivity index (χ0v) is 6.19. The molecule has 0 saturated heterocycles. The first kappa shape index (κ1) is 13.1. The van der Waals surface area contributed by atoms with Crippen molar-refractivity contribution in [2.75, 3.05) is 6.61 Å². The van der Waals surface area contributed by atoms with Gasteiger partial charge in [0, 0.05) is 0 Å². The lowest BCUT2D eigenvalue weighted by Gasteiger charge is -1.96. The van der Waals surface area contributed by atoms with Crippen LogP contribution in [0.15, 0.2) is 0 Å². The fourth-order valence-electron chi connectivity index (χ4n) is 0.0781. The average molecular weight is 187 g/mol. The van der Waals surface area contributed by atoms with Gasteiger partial charge in [0.25, 0.3) is 11.4 Å². The molecule has 0 fully saturated rings. The van der Waals surface area contributed by atoms with Gasteiger partial charge in [0.05, 0.1) is 6.61 Å². The second-order valence-electron chi connectivity index (χ2n) is 1.36. The second-order valence-corrected chi connectivity index (χ2v) is 1.82. The highest BCUT2D eigenvalue weighted by molar-refractivity contribution is 7.73. The van der Waals surface area contributed by atoms with Crippen LogP contribution in [-0.4, -0.2) is 42.1 Å². The number of carbonyl (C=O) groups is 1. The van der Waals surface area contributed by atoms with Crippen LogP contribution in [-0.2, 0) is 16.2 Å². The van der Waals surface area contributed by atoms with Gasteiger partial charge in [-0.2, -0.15) is 4.21 Å². The van der Waals surface area contributed by atoms with Gasteiger partial charge in [-0.3, -0.25) is 13.9 Å². The van der Waals surface area contributed by atoms with Crippen LogP contribution in [0.4, 0.5) is 0 Å². The summed E-state index contributed by atoms with van der Waals surface area (Å²) in [5.41, 5.74) is 4.77. The van der Waals surface area contributed by atoms with E-state index in [2.05, 4.69) is 0 Å². The zero-order chi connectivity index (χ0) is 9.44. The molecule has 0 rings (SSSR count). The van der Waals surface area contributed by atoms with E-state index >= 15 is 0 Å².